The predicted octanol–water partition coefficient (Wildman–Crippen LogP) is 2.61. The lowest BCUT2D eigenvalue weighted by atomic mass is 9.99. The molecule has 0 heterocycles. The maximum Gasteiger partial charge on any atom is 0.326 e. The van der Waals surface area contributed by atoms with Crippen molar-refractivity contribution in [1.29, 1.82) is 0 Å². The number of rotatable bonds is 10. The summed E-state index contributed by atoms with van der Waals surface area (Å²) in [5.74, 6) is -0.736. The van der Waals surface area contributed by atoms with Gasteiger partial charge in [0, 0.05) is 12.0 Å². The van der Waals surface area contributed by atoms with Crippen LogP contribution in [0.1, 0.15) is 46.9 Å². The second-order valence-corrected chi connectivity index (χ2v) is 6.22. The first kappa shape index (κ1) is 20.0. The van der Waals surface area contributed by atoms with Gasteiger partial charge in [-0.05, 0) is 43.0 Å². The number of ketones is 1. The Bertz CT molecular complexity index is 603. The average molecular weight is 353 g/mol. The van der Waals surface area contributed by atoms with Gasteiger partial charge in [-0.3, -0.25) is 9.59 Å². The number of carbonyl (C=O) groups is 3. The molecule has 0 saturated carbocycles. The summed E-state index contributed by atoms with van der Waals surface area (Å²) in [5.41, 5.74) is 0.423. The number of benzene rings is 1. The molecule has 0 spiro atoms. The zero-order valence-corrected chi connectivity index (χ0v) is 14.9. The monoisotopic (exact) mass is 353 g/mol. The summed E-state index contributed by atoms with van der Waals surface area (Å²) in [4.78, 5) is 36.0. The molecule has 7 heteroatoms. The van der Waals surface area contributed by atoms with E-state index in [1.54, 1.807) is 6.07 Å². The summed E-state index contributed by atoms with van der Waals surface area (Å²) >= 11 is 1.50. The minimum Gasteiger partial charge on any atom is -0.497 e. The molecule has 24 heavy (non-hydrogen) atoms. The van der Waals surface area contributed by atoms with Crippen molar-refractivity contribution < 1.29 is 24.2 Å². The Morgan fingerprint density at radius 1 is 1.29 bits per heavy atom. The molecular formula is C17H23NO5S. The zero-order valence-electron chi connectivity index (χ0n) is 14.1. The third-order valence-electron chi connectivity index (χ3n) is 3.46. The first-order chi connectivity index (χ1) is 11.4. The van der Waals surface area contributed by atoms with E-state index >= 15 is 0 Å². The Balaban J connectivity index is 3.07. The van der Waals surface area contributed by atoms with Gasteiger partial charge in [-0.25, -0.2) is 4.79 Å². The van der Waals surface area contributed by atoms with Gasteiger partial charge in [0.1, 0.15) is 11.8 Å². The van der Waals surface area contributed by atoms with Gasteiger partial charge in [-0.2, -0.15) is 11.8 Å². The van der Waals surface area contributed by atoms with E-state index in [1.807, 2.05) is 13.2 Å². The molecule has 0 radical (unpaired) electrons. The predicted molar refractivity (Wildman–Crippen MR) is 94.1 cm³/mol. The molecule has 1 aromatic rings. The highest BCUT2D eigenvalue weighted by molar-refractivity contribution is 7.98. The number of carboxylic acid groups (broad SMARTS) is 1. The minimum absolute atomic E-state index is 0.169. The maximum absolute atomic E-state index is 12.5. The van der Waals surface area contributed by atoms with Crippen molar-refractivity contribution in [3.63, 3.8) is 0 Å². The molecule has 1 aromatic carbocycles. The third kappa shape index (κ3) is 5.56. The molecule has 0 saturated heterocycles. The second-order valence-electron chi connectivity index (χ2n) is 5.23. The summed E-state index contributed by atoms with van der Waals surface area (Å²) < 4.78 is 5.11. The number of amides is 1. The van der Waals surface area contributed by atoms with Gasteiger partial charge >= 0.3 is 5.97 Å². The van der Waals surface area contributed by atoms with Gasteiger partial charge in [0.2, 0.25) is 0 Å². The lowest BCUT2D eigenvalue weighted by Crippen LogP contribution is -2.41. The number of carboxylic acids is 1. The van der Waals surface area contributed by atoms with Crippen LogP contribution in [0.2, 0.25) is 0 Å². The van der Waals surface area contributed by atoms with Gasteiger partial charge in [-0.1, -0.05) is 6.92 Å². The first-order valence-electron chi connectivity index (χ1n) is 7.68. The summed E-state index contributed by atoms with van der Waals surface area (Å²) in [6.45, 7) is 1.88. The van der Waals surface area contributed by atoms with E-state index in [9.17, 15) is 19.5 Å². The highest BCUT2D eigenvalue weighted by Gasteiger charge is 2.23. The number of methoxy groups -OCH3 is 1. The lowest BCUT2D eigenvalue weighted by Gasteiger charge is -2.16. The number of Topliss-reactive ketones (excluding diaryl/α,β-unsaturated/α-hetero) is 1. The lowest BCUT2D eigenvalue weighted by molar-refractivity contribution is -0.139. The Morgan fingerprint density at radius 3 is 2.54 bits per heavy atom. The topological polar surface area (TPSA) is 92.7 Å². The normalized spacial score (nSPS) is 11.6. The van der Waals surface area contributed by atoms with Crippen molar-refractivity contribution in [1.82, 2.24) is 5.32 Å². The molecule has 0 bridgehead atoms. The largest absolute Gasteiger partial charge is 0.497 e. The van der Waals surface area contributed by atoms with Crippen LogP contribution in [0.25, 0.3) is 0 Å². The molecule has 132 valence electrons. The van der Waals surface area contributed by atoms with E-state index < -0.39 is 17.9 Å². The Labute approximate surface area is 146 Å². The SMILES string of the molecule is CCCC(=O)c1cc(OC)ccc1C(=O)NC(CCSC)C(=O)O. The maximum atomic E-state index is 12.5. The van der Waals surface area contributed by atoms with Crippen LogP contribution in [0.15, 0.2) is 18.2 Å². The summed E-state index contributed by atoms with van der Waals surface area (Å²) in [7, 11) is 1.48. The van der Waals surface area contributed by atoms with Crippen LogP contribution in [0.5, 0.6) is 5.75 Å². The standard InChI is InChI=1S/C17H23NO5S/c1-4-5-15(19)13-10-11(23-2)6-7-12(13)16(20)18-14(17(21)22)8-9-24-3/h6-7,10,14H,4-5,8-9H2,1-3H3,(H,18,20)(H,21,22). The molecule has 1 unspecified atom stereocenters. The zero-order chi connectivity index (χ0) is 18.1. The molecular weight excluding hydrogens is 330 g/mol. The van der Waals surface area contributed by atoms with E-state index in [0.29, 0.717) is 30.8 Å². The van der Waals surface area contributed by atoms with Crippen LogP contribution in [-0.4, -0.2) is 47.9 Å². The molecule has 0 aliphatic carbocycles. The molecule has 1 atom stereocenters. The highest BCUT2D eigenvalue weighted by atomic mass is 32.2. The summed E-state index contributed by atoms with van der Waals surface area (Å²) in [6, 6.07) is 3.60. The summed E-state index contributed by atoms with van der Waals surface area (Å²) in [5, 5.41) is 11.7. The van der Waals surface area contributed by atoms with Gasteiger partial charge in [0.25, 0.3) is 5.91 Å². The van der Waals surface area contributed by atoms with Crippen molar-refractivity contribution in [2.24, 2.45) is 0 Å². The molecule has 0 aliphatic rings. The Kier molecular flexibility index (Phi) is 8.32. The van der Waals surface area contributed by atoms with Crippen molar-refractivity contribution in [2.45, 2.75) is 32.2 Å². The highest BCUT2D eigenvalue weighted by Crippen LogP contribution is 2.20. The van der Waals surface area contributed by atoms with E-state index in [-0.39, 0.29) is 16.9 Å². The molecule has 1 amide bonds. The minimum atomic E-state index is -1.09. The smallest absolute Gasteiger partial charge is 0.326 e. The van der Waals surface area contributed by atoms with Crippen LogP contribution >= 0.6 is 11.8 Å². The number of ether oxygens (including phenoxy) is 1. The third-order valence-corrected chi connectivity index (χ3v) is 4.11. The number of nitrogens with one attached hydrogen (secondary N) is 1. The fourth-order valence-corrected chi connectivity index (χ4v) is 2.64. The molecule has 1 rings (SSSR count). The van der Waals surface area contributed by atoms with Crippen molar-refractivity contribution >= 4 is 29.4 Å². The van der Waals surface area contributed by atoms with Gasteiger partial charge < -0.3 is 15.2 Å². The summed E-state index contributed by atoms with van der Waals surface area (Å²) in [6.07, 6.45) is 3.15. The number of hydrogen-bond donors (Lipinski definition) is 2. The van der Waals surface area contributed by atoms with Crippen molar-refractivity contribution in [2.75, 3.05) is 19.1 Å². The number of hydrogen-bond acceptors (Lipinski definition) is 5. The van der Waals surface area contributed by atoms with Gasteiger partial charge in [-0.15, -0.1) is 0 Å². The van der Waals surface area contributed by atoms with Crippen molar-refractivity contribution in [3.05, 3.63) is 29.3 Å². The van der Waals surface area contributed by atoms with E-state index in [2.05, 4.69) is 5.32 Å². The van der Waals surface area contributed by atoms with Crippen LogP contribution in [0, 0.1) is 0 Å². The van der Waals surface area contributed by atoms with Gasteiger partial charge in [0.05, 0.1) is 12.7 Å². The molecule has 0 aromatic heterocycles. The number of carbonyl (C=O) groups excluding carboxylic acids is 2. The number of aliphatic carboxylic acids is 1. The van der Waals surface area contributed by atoms with Crippen LogP contribution in [-0.2, 0) is 4.79 Å². The molecule has 0 aliphatic heterocycles. The Hall–Kier alpha value is -2.02. The fraction of sp³-hybridized carbons (Fsp3) is 0.471. The molecule has 6 nitrogen and oxygen atoms in total. The molecule has 2 N–H and O–H groups in total. The quantitative estimate of drug-likeness (QED) is 0.628. The van der Waals surface area contributed by atoms with Crippen LogP contribution < -0.4 is 10.1 Å². The Morgan fingerprint density at radius 2 is 2.00 bits per heavy atom. The first-order valence-corrected chi connectivity index (χ1v) is 9.07. The van der Waals surface area contributed by atoms with E-state index in [0.717, 1.165) is 0 Å². The van der Waals surface area contributed by atoms with Gasteiger partial charge in [0.15, 0.2) is 5.78 Å². The van der Waals surface area contributed by atoms with Crippen LogP contribution in [0.3, 0.4) is 0 Å². The number of thioether (sulfide) groups is 1. The van der Waals surface area contributed by atoms with E-state index in [4.69, 9.17) is 4.74 Å². The average Bonchev–Trinajstić information content (AvgIpc) is 2.57. The molecule has 0 fully saturated rings. The van der Waals surface area contributed by atoms with E-state index in [1.165, 1.54) is 31.0 Å². The second kappa shape index (κ2) is 9.97. The van der Waals surface area contributed by atoms with Crippen molar-refractivity contribution in [3.8, 4) is 5.75 Å². The fourth-order valence-electron chi connectivity index (χ4n) is 2.17. The van der Waals surface area contributed by atoms with Crippen LogP contribution in [0.4, 0.5) is 0 Å².